The Morgan fingerprint density at radius 3 is 2.90 bits per heavy atom. The first-order valence-electron chi connectivity index (χ1n) is 2.83. The first-order chi connectivity index (χ1) is 4.74. The highest BCUT2D eigenvalue weighted by atomic mass is 32.1. The lowest BCUT2D eigenvalue weighted by molar-refractivity contribution is -0.384. The van der Waals surface area contributed by atoms with Gasteiger partial charge in [0.25, 0.3) is 0 Å². The van der Waals surface area contributed by atoms with Gasteiger partial charge in [-0.05, 0) is 27.7 Å². The maximum atomic E-state index is 10.1. The number of nitrogens with zero attached hydrogens (tertiary/aromatic N) is 2. The minimum atomic E-state index is -0.468. The smallest absolute Gasteiger partial charge is 0.357 e. The van der Waals surface area contributed by atoms with Crippen LogP contribution in [0.5, 0.6) is 0 Å². The van der Waals surface area contributed by atoms with Crippen LogP contribution in [0.4, 0.5) is 5.13 Å². The van der Waals surface area contributed by atoms with Crippen LogP contribution in [0.15, 0.2) is 6.20 Å². The van der Waals surface area contributed by atoms with E-state index >= 15 is 0 Å². The topological polar surface area (TPSA) is 56.0 Å². The molecule has 0 fully saturated rings. The van der Waals surface area contributed by atoms with Crippen LogP contribution in [-0.2, 0) is 6.42 Å². The molecule has 1 heterocycles. The number of rotatable bonds is 2. The minimum absolute atomic E-state index is 0.0168. The lowest BCUT2D eigenvalue weighted by Gasteiger charge is -1.82. The Bertz CT molecular complexity index is 246. The third-order valence-electron chi connectivity index (χ3n) is 1.05. The van der Waals surface area contributed by atoms with Gasteiger partial charge in [0.2, 0.25) is 0 Å². The zero-order valence-electron chi connectivity index (χ0n) is 5.40. The summed E-state index contributed by atoms with van der Waals surface area (Å²) >= 11 is 1.13. The molecule has 5 heteroatoms. The zero-order valence-corrected chi connectivity index (χ0v) is 6.22. The Morgan fingerprint density at radius 1 is 1.90 bits per heavy atom. The maximum Gasteiger partial charge on any atom is 0.423 e. The summed E-state index contributed by atoms with van der Waals surface area (Å²) < 4.78 is 0. The Morgan fingerprint density at radius 2 is 2.60 bits per heavy atom. The van der Waals surface area contributed by atoms with E-state index in [9.17, 15) is 10.1 Å². The standard InChI is InChI=1S/C5H6N2O2S/c1-2-4-3-6-5(10-4)7(8)9/h3H,2H2,1H3. The van der Waals surface area contributed by atoms with E-state index < -0.39 is 4.92 Å². The van der Waals surface area contributed by atoms with Gasteiger partial charge in [-0.2, -0.15) is 0 Å². The Kier molecular flexibility index (Phi) is 1.96. The molecule has 0 aliphatic heterocycles. The van der Waals surface area contributed by atoms with Gasteiger partial charge in [0.05, 0.1) is 4.88 Å². The fourth-order valence-corrected chi connectivity index (χ4v) is 1.21. The number of hydrogen-bond acceptors (Lipinski definition) is 4. The van der Waals surface area contributed by atoms with Crippen LogP contribution < -0.4 is 0 Å². The fraction of sp³-hybridized carbons (Fsp3) is 0.400. The van der Waals surface area contributed by atoms with Crippen molar-refractivity contribution in [3.63, 3.8) is 0 Å². The van der Waals surface area contributed by atoms with Gasteiger partial charge < -0.3 is 10.1 Å². The predicted molar refractivity (Wildman–Crippen MR) is 38.1 cm³/mol. The average molecular weight is 158 g/mol. The van der Waals surface area contributed by atoms with Gasteiger partial charge in [-0.25, -0.2) is 0 Å². The van der Waals surface area contributed by atoms with Crippen LogP contribution in [0.25, 0.3) is 0 Å². The Balaban J connectivity index is 2.88. The van der Waals surface area contributed by atoms with E-state index in [0.29, 0.717) is 0 Å². The summed E-state index contributed by atoms with van der Waals surface area (Å²) in [6, 6.07) is 0. The maximum absolute atomic E-state index is 10.1. The van der Waals surface area contributed by atoms with Gasteiger partial charge in [-0.3, -0.25) is 0 Å². The molecule has 0 aromatic carbocycles. The molecule has 0 amide bonds. The van der Waals surface area contributed by atoms with E-state index in [4.69, 9.17) is 0 Å². The highest BCUT2D eigenvalue weighted by Crippen LogP contribution is 2.19. The van der Waals surface area contributed by atoms with Gasteiger partial charge in [0.15, 0.2) is 6.20 Å². The van der Waals surface area contributed by atoms with Crippen molar-refractivity contribution in [1.82, 2.24) is 4.98 Å². The summed E-state index contributed by atoms with van der Waals surface area (Å²) in [7, 11) is 0. The highest BCUT2D eigenvalue weighted by molar-refractivity contribution is 7.14. The van der Waals surface area contributed by atoms with E-state index in [1.807, 2.05) is 6.92 Å². The van der Waals surface area contributed by atoms with Gasteiger partial charge >= 0.3 is 5.13 Å². The summed E-state index contributed by atoms with van der Waals surface area (Å²) in [5.74, 6) is 0. The summed E-state index contributed by atoms with van der Waals surface area (Å²) in [4.78, 5) is 14.2. The van der Waals surface area contributed by atoms with Crippen molar-refractivity contribution in [2.24, 2.45) is 0 Å². The van der Waals surface area contributed by atoms with Crippen molar-refractivity contribution in [3.8, 4) is 0 Å². The third kappa shape index (κ3) is 1.30. The molecule has 0 atom stereocenters. The molecule has 1 aromatic rings. The first-order valence-corrected chi connectivity index (χ1v) is 3.64. The second-order valence-corrected chi connectivity index (χ2v) is 2.81. The van der Waals surface area contributed by atoms with Crippen LogP contribution >= 0.6 is 11.3 Å². The zero-order chi connectivity index (χ0) is 7.56. The van der Waals surface area contributed by atoms with Crippen LogP contribution in [0.1, 0.15) is 11.8 Å². The van der Waals surface area contributed by atoms with E-state index in [1.54, 1.807) is 6.20 Å². The first kappa shape index (κ1) is 7.14. The molecule has 1 rings (SSSR count). The van der Waals surface area contributed by atoms with E-state index in [1.165, 1.54) is 0 Å². The van der Waals surface area contributed by atoms with E-state index in [-0.39, 0.29) is 5.13 Å². The number of aromatic nitrogens is 1. The fourth-order valence-electron chi connectivity index (χ4n) is 0.545. The summed E-state index contributed by atoms with van der Waals surface area (Å²) in [5.41, 5.74) is 0. The molecule has 0 bridgehead atoms. The van der Waals surface area contributed by atoms with E-state index in [0.717, 1.165) is 22.6 Å². The van der Waals surface area contributed by atoms with Crippen LogP contribution in [0, 0.1) is 10.1 Å². The Labute approximate surface area is 61.7 Å². The van der Waals surface area contributed by atoms with Crippen LogP contribution in [-0.4, -0.2) is 9.91 Å². The second kappa shape index (κ2) is 2.74. The molecule has 0 unspecified atom stereocenters. The van der Waals surface area contributed by atoms with Gasteiger partial charge in [0, 0.05) is 0 Å². The molecule has 0 N–H and O–H groups in total. The third-order valence-corrected chi connectivity index (χ3v) is 2.14. The van der Waals surface area contributed by atoms with Crippen LogP contribution in [0.2, 0.25) is 0 Å². The molecule has 0 saturated carbocycles. The lowest BCUT2D eigenvalue weighted by Crippen LogP contribution is -1.83. The van der Waals surface area contributed by atoms with Gasteiger partial charge in [-0.1, -0.05) is 6.92 Å². The van der Waals surface area contributed by atoms with Crippen molar-refractivity contribution >= 4 is 16.5 Å². The summed E-state index contributed by atoms with van der Waals surface area (Å²) in [5, 5.41) is 10.1. The molecule has 1 aromatic heterocycles. The number of hydrogen-bond donors (Lipinski definition) is 0. The second-order valence-electron chi connectivity index (χ2n) is 1.72. The number of aryl methyl sites for hydroxylation is 1. The molecule has 4 nitrogen and oxygen atoms in total. The van der Waals surface area contributed by atoms with Crippen molar-refractivity contribution < 1.29 is 4.92 Å². The molecule has 0 radical (unpaired) electrons. The van der Waals surface area contributed by atoms with Crippen molar-refractivity contribution in [3.05, 3.63) is 21.2 Å². The van der Waals surface area contributed by atoms with Crippen LogP contribution in [0.3, 0.4) is 0 Å². The lowest BCUT2D eigenvalue weighted by atomic mass is 10.4. The van der Waals surface area contributed by atoms with Crippen molar-refractivity contribution in [2.75, 3.05) is 0 Å². The molecule has 10 heavy (non-hydrogen) atoms. The SMILES string of the molecule is CCc1cnc([N+](=O)[O-])s1. The largest absolute Gasteiger partial charge is 0.423 e. The summed E-state index contributed by atoms with van der Waals surface area (Å²) in [6.07, 6.45) is 2.36. The molecule has 0 aliphatic rings. The highest BCUT2D eigenvalue weighted by Gasteiger charge is 2.10. The average Bonchev–Trinajstić information content (AvgIpc) is 2.34. The predicted octanol–water partition coefficient (Wildman–Crippen LogP) is 1.61. The monoisotopic (exact) mass is 158 g/mol. The number of nitro groups is 1. The van der Waals surface area contributed by atoms with Crippen molar-refractivity contribution in [1.29, 1.82) is 0 Å². The molecular weight excluding hydrogens is 152 g/mol. The Hall–Kier alpha value is -0.970. The van der Waals surface area contributed by atoms with Crippen molar-refractivity contribution in [2.45, 2.75) is 13.3 Å². The molecule has 0 aliphatic carbocycles. The number of thiazole rings is 1. The molecule has 0 saturated heterocycles. The molecule has 54 valence electrons. The quantitative estimate of drug-likeness (QED) is 0.485. The molecular formula is C5H6N2O2S. The summed E-state index contributed by atoms with van der Waals surface area (Å²) in [6.45, 7) is 1.94. The van der Waals surface area contributed by atoms with Gasteiger partial charge in [-0.15, -0.1) is 0 Å². The van der Waals surface area contributed by atoms with Gasteiger partial charge in [0.1, 0.15) is 0 Å². The normalized spacial score (nSPS) is 9.70. The van der Waals surface area contributed by atoms with E-state index in [2.05, 4.69) is 4.98 Å². The minimum Gasteiger partial charge on any atom is -0.357 e. The molecule has 0 spiro atoms.